The van der Waals surface area contributed by atoms with Crippen molar-refractivity contribution in [2.24, 2.45) is 0 Å². The SMILES string of the molecule is CSCC[C@H](NC(=O)c1cc(Cl)ccc1O)C(=O)Nc1ccc([N+](=O)[O-])cc1Cl. The standard InChI is InChI=1S/C18H17Cl2N3O5S/c1-29-7-6-15(22-17(25)12-8-10(19)2-5-16(12)24)18(26)21-14-4-3-11(23(27)28)9-13(14)20/h2-5,8-9,15,24H,6-7H2,1H3,(H,21,26)(H,22,25)/t15-/m0/s1. The van der Waals surface area contributed by atoms with Gasteiger partial charge in [-0.05, 0) is 42.7 Å². The van der Waals surface area contributed by atoms with Crippen LogP contribution in [0.3, 0.4) is 0 Å². The number of nitrogens with one attached hydrogen (secondary N) is 2. The Bertz CT molecular complexity index is 942. The number of nitro benzene ring substituents is 1. The zero-order valence-electron chi connectivity index (χ0n) is 15.1. The third kappa shape index (κ3) is 6.25. The molecule has 2 amide bonds. The molecule has 1 atom stereocenters. The van der Waals surface area contributed by atoms with Crippen molar-refractivity contribution in [1.29, 1.82) is 0 Å². The van der Waals surface area contributed by atoms with Crippen LogP contribution in [0.5, 0.6) is 5.75 Å². The van der Waals surface area contributed by atoms with Crippen LogP contribution in [0.4, 0.5) is 11.4 Å². The average Bonchev–Trinajstić information content (AvgIpc) is 2.68. The van der Waals surface area contributed by atoms with Crippen LogP contribution >= 0.6 is 35.0 Å². The van der Waals surface area contributed by atoms with Gasteiger partial charge in [0, 0.05) is 17.2 Å². The number of phenols is 1. The number of carbonyl (C=O) groups excluding carboxylic acids is 2. The lowest BCUT2D eigenvalue weighted by Gasteiger charge is -2.19. The highest BCUT2D eigenvalue weighted by Crippen LogP contribution is 2.27. The number of phenolic OH excluding ortho intramolecular Hbond substituents is 1. The minimum absolute atomic E-state index is 0.00465. The summed E-state index contributed by atoms with van der Waals surface area (Å²) >= 11 is 13.4. The fraction of sp³-hybridized carbons (Fsp3) is 0.222. The van der Waals surface area contributed by atoms with Crippen molar-refractivity contribution in [3.63, 3.8) is 0 Å². The minimum atomic E-state index is -0.931. The number of rotatable bonds is 8. The van der Waals surface area contributed by atoms with E-state index in [0.717, 1.165) is 6.07 Å². The normalized spacial score (nSPS) is 11.6. The Balaban J connectivity index is 2.18. The summed E-state index contributed by atoms with van der Waals surface area (Å²) in [7, 11) is 0. The van der Waals surface area contributed by atoms with Crippen LogP contribution in [0.25, 0.3) is 0 Å². The van der Waals surface area contributed by atoms with E-state index < -0.39 is 22.8 Å². The second-order valence-corrected chi connectivity index (χ2v) is 7.71. The fourth-order valence-corrected chi connectivity index (χ4v) is 3.23. The van der Waals surface area contributed by atoms with Gasteiger partial charge in [-0.2, -0.15) is 11.8 Å². The molecule has 2 aromatic carbocycles. The zero-order valence-corrected chi connectivity index (χ0v) is 17.5. The number of nitro groups is 1. The third-order valence-electron chi connectivity index (χ3n) is 3.86. The summed E-state index contributed by atoms with van der Waals surface area (Å²) in [4.78, 5) is 35.4. The monoisotopic (exact) mass is 457 g/mol. The molecule has 0 heterocycles. The van der Waals surface area contributed by atoms with E-state index in [1.165, 1.54) is 42.1 Å². The van der Waals surface area contributed by atoms with Gasteiger partial charge in [-0.3, -0.25) is 19.7 Å². The highest BCUT2D eigenvalue weighted by Gasteiger charge is 2.24. The topological polar surface area (TPSA) is 122 Å². The molecular weight excluding hydrogens is 441 g/mol. The maximum atomic E-state index is 12.7. The van der Waals surface area contributed by atoms with Gasteiger partial charge in [0.25, 0.3) is 11.6 Å². The third-order valence-corrected chi connectivity index (χ3v) is 5.05. The number of amides is 2. The Kier molecular flexibility index (Phi) is 8.12. The number of benzene rings is 2. The second kappa shape index (κ2) is 10.3. The average molecular weight is 458 g/mol. The van der Waals surface area contributed by atoms with E-state index >= 15 is 0 Å². The van der Waals surface area contributed by atoms with Gasteiger partial charge in [0.05, 0.1) is 21.2 Å². The summed E-state index contributed by atoms with van der Waals surface area (Å²) in [5.41, 5.74) is -0.0965. The van der Waals surface area contributed by atoms with Gasteiger partial charge in [-0.25, -0.2) is 0 Å². The molecule has 154 valence electrons. The minimum Gasteiger partial charge on any atom is -0.507 e. The smallest absolute Gasteiger partial charge is 0.271 e. The maximum Gasteiger partial charge on any atom is 0.271 e. The lowest BCUT2D eigenvalue weighted by atomic mass is 10.1. The van der Waals surface area contributed by atoms with Crippen molar-refractivity contribution in [2.45, 2.75) is 12.5 Å². The first kappa shape index (κ1) is 22.8. The van der Waals surface area contributed by atoms with Crippen LogP contribution in [0.2, 0.25) is 10.0 Å². The number of carbonyl (C=O) groups is 2. The summed E-state index contributed by atoms with van der Waals surface area (Å²) in [5.74, 6) is -0.909. The molecule has 0 saturated heterocycles. The predicted octanol–water partition coefficient (Wildman–Crippen LogP) is 4.10. The van der Waals surface area contributed by atoms with Crippen molar-refractivity contribution < 1.29 is 19.6 Å². The highest BCUT2D eigenvalue weighted by atomic mass is 35.5. The van der Waals surface area contributed by atoms with E-state index in [2.05, 4.69) is 10.6 Å². The van der Waals surface area contributed by atoms with Crippen LogP contribution in [-0.2, 0) is 4.79 Å². The number of non-ortho nitro benzene ring substituents is 1. The Hall–Kier alpha value is -2.49. The molecule has 2 rings (SSSR count). The molecule has 0 spiro atoms. The quantitative estimate of drug-likeness (QED) is 0.405. The number of aromatic hydroxyl groups is 1. The van der Waals surface area contributed by atoms with Crippen molar-refractivity contribution in [3.05, 3.63) is 62.1 Å². The Morgan fingerprint density at radius 3 is 2.59 bits per heavy atom. The molecule has 29 heavy (non-hydrogen) atoms. The Morgan fingerprint density at radius 2 is 1.97 bits per heavy atom. The molecular formula is C18H17Cl2N3O5S. The molecule has 0 radical (unpaired) electrons. The van der Waals surface area contributed by atoms with E-state index in [1.54, 1.807) is 0 Å². The van der Waals surface area contributed by atoms with Crippen LogP contribution in [-0.4, -0.2) is 39.9 Å². The van der Waals surface area contributed by atoms with Gasteiger partial charge in [0.15, 0.2) is 0 Å². The van der Waals surface area contributed by atoms with Crippen LogP contribution in [0.15, 0.2) is 36.4 Å². The fourth-order valence-electron chi connectivity index (χ4n) is 2.37. The van der Waals surface area contributed by atoms with E-state index in [4.69, 9.17) is 23.2 Å². The molecule has 0 fully saturated rings. The van der Waals surface area contributed by atoms with E-state index in [9.17, 15) is 24.8 Å². The van der Waals surface area contributed by atoms with Gasteiger partial charge in [-0.1, -0.05) is 23.2 Å². The van der Waals surface area contributed by atoms with Gasteiger partial charge >= 0.3 is 0 Å². The lowest BCUT2D eigenvalue weighted by molar-refractivity contribution is -0.384. The first-order valence-corrected chi connectivity index (χ1v) is 10.4. The largest absolute Gasteiger partial charge is 0.507 e. The van der Waals surface area contributed by atoms with E-state index in [0.29, 0.717) is 12.2 Å². The summed E-state index contributed by atoms with van der Waals surface area (Å²) in [6, 6.07) is 6.72. The first-order valence-electron chi connectivity index (χ1n) is 8.26. The number of anilines is 1. The highest BCUT2D eigenvalue weighted by molar-refractivity contribution is 7.98. The predicted molar refractivity (Wildman–Crippen MR) is 114 cm³/mol. The van der Waals surface area contributed by atoms with Crippen molar-refractivity contribution in [3.8, 4) is 5.75 Å². The molecule has 0 aromatic heterocycles. The summed E-state index contributed by atoms with van der Waals surface area (Å²) in [6.07, 6.45) is 2.16. The molecule has 11 heteroatoms. The molecule has 2 aromatic rings. The maximum absolute atomic E-state index is 12.7. The number of halogens is 2. The molecule has 0 aliphatic rings. The van der Waals surface area contributed by atoms with Crippen LogP contribution in [0, 0.1) is 10.1 Å². The van der Waals surface area contributed by atoms with E-state index in [-0.39, 0.29) is 32.7 Å². The van der Waals surface area contributed by atoms with Crippen molar-refractivity contribution in [1.82, 2.24) is 5.32 Å². The molecule has 0 saturated carbocycles. The number of hydrogen-bond acceptors (Lipinski definition) is 6. The summed E-state index contributed by atoms with van der Waals surface area (Å²) in [5, 5.41) is 26.1. The summed E-state index contributed by atoms with van der Waals surface area (Å²) < 4.78 is 0. The number of thioether (sulfide) groups is 1. The van der Waals surface area contributed by atoms with Crippen molar-refractivity contribution >= 4 is 58.2 Å². The number of hydrogen-bond donors (Lipinski definition) is 3. The zero-order chi connectivity index (χ0) is 21.6. The Morgan fingerprint density at radius 1 is 1.24 bits per heavy atom. The lowest BCUT2D eigenvalue weighted by Crippen LogP contribution is -2.44. The molecule has 8 nitrogen and oxygen atoms in total. The van der Waals surface area contributed by atoms with Gasteiger partial charge in [0.1, 0.15) is 11.8 Å². The molecule has 0 bridgehead atoms. The molecule has 0 aliphatic heterocycles. The van der Waals surface area contributed by atoms with Crippen LogP contribution < -0.4 is 10.6 Å². The van der Waals surface area contributed by atoms with Gasteiger partial charge in [-0.15, -0.1) is 0 Å². The second-order valence-electron chi connectivity index (χ2n) is 5.88. The van der Waals surface area contributed by atoms with Gasteiger partial charge < -0.3 is 15.7 Å². The molecule has 0 unspecified atom stereocenters. The van der Waals surface area contributed by atoms with Gasteiger partial charge in [0.2, 0.25) is 5.91 Å². The number of nitrogens with zero attached hydrogens (tertiary/aromatic N) is 1. The first-order chi connectivity index (χ1) is 13.7. The summed E-state index contributed by atoms with van der Waals surface area (Å²) in [6.45, 7) is 0. The van der Waals surface area contributed by atoms with E-state index in [1.807, 2.05) is 6.26 Å². The molecule has 3 N–H and O–H groups in total. The van der Waals surface area contributed by atoms with Crippen molar-refractivity contribution in [2.75, 3.05) is 17.3 Å². The Labute approximate surface area is 180 Å². The van der Waals surface area contributed by atoms with Crippen LogP contribution in [0.1, 0.15) is 16.8 Å². The molecule has 0 aliphatic carbocycles.